The van der Waals surface area contributed by atoms with Crippen molar-refractivity contribution in [2.75, 3.05) is 11.9 Å². The Kier molecular flexibility index (Phi) is 7.68. The van der Waals surface area contributed by atoms with Crippen molar-refractivity contribution in [1.29, 1.82) is 0 Å². The van der Waals surface area contributed by atoms with Gasteiger partial charge in [-0.2, -0.15) is 0 Å². The lowest BCUT2D eigenvalue weighted by Crippen LogP contribution is -2.37. The predicted octanol–water partition coefficient (Wildman–Crippen LogP) is 6.12. The minimum atomic E-state index is -1.18. The molecule has 41 heavy (non-hydrogen) atoms. The number of amides is 1. The normalized spacial score (nSPS) is 31.2. The maximum absolute atomic E-state index is 12.8. The number of nitrogens with one attached hydrogen (secondary N) is 1. The lowest BCUT2D eigenvalue weighted by atomic mass is 10.1. The monoisotopic (exact) mass is 594 g/mol. The zero-order chi connectivity index (χ0) is 28.0. The summed E-state index contributed by atoms with van der Waals surface area (Å²) in [6.07, 6.45) is 9.96. The Bertz CT molecular complexity index is 1390. The summed E-state index contributed by atoms with van der Waals surface area (Å²) in [4.78, 5) is 26.2. The first-order valence-electron chi connectivity index (χ1n) is 15.1. The van der Waals surface area contributed by atoms with Crippen molar-refractivity contribution < 1.29 is 18.6 Å². The van der Waals surface area contributed by atoms with Crippen LogP contribution in [0.2, 0.25) is 24.7 Å². The molecule has 218 valence electrons. The molecule has 7 rings (SSSR count). The van der Waals surface area contributed by atoms with E-state index in [1.165, 1.54) is 50.1 Å². The molecule has 0 saturated carbocycles. The van der Waals surface area contributed by atoms with Crippen LogP contribution in [0.15, 0.2) is 43.0 Å². The highest BCUT2D eigenvalue weighted by Crippen LogP contribution is 2.59. The second-order valence-electron chi connectivity index (χ2n) is 12.3. The Morgan fingerprint density at radius 1 is 1.15 bits per heavy atom. The van der Waals surface area contributed by atoms with Gasteiger partial charge < -0.3 is 19.1 Å². The molecular formula is C29H39N6O4PSi. The van der Waals surface area contributed by atoms with Crippen molar-refractivity contribution in [1.82, 2.24) is 24.2 Å². The van der Waals surface area contributed by atoms with Gasteiger partial charge in [-0.05, 0) is 37.4 Å². The van der Waals surface area contributed by atoms with Gasteiger partial charge in [-0.25, -0.2) is 19.6 Å². The molecule has 0 aliphatic carbocycles. The number of carbonyl (C=O) groups excluding carboxylic acids is 1. The molecule has 6 heterocycles. The van der Waals surface area contributed by atoms with Crippen molar-refractivity contribution >= 4 is 39.5 Å². The van der Waals surface area contributed by atoms with Gasteiger partial charge in [0.1, 0.15) is 12.6 Å². The number of hydrogen-bond acceptors (Lipinski definition) is 8. The minimum absolute atomic E-state index is 0.0375. The molecule has 6 atom stereocenters. The summed E-state index contributed by atoms with van der Waals surface area (Å²) in [7, 11) is -2.27. The highest BCUT2D eigenvalue weighted by molar-refractivity contribution is 7.45. The molecule has 4 aliphatic heterocycles. The number of imidazole rings is 1. The van der Waals surface area contributed by atoms with Gasteiger partial charge in [0.2, 0.25) is 0 Å². The van der Waals surface area contributed by atoms with Crippen molar-refractivity contribution in [3.8, 4) is 0 Å². The zero-order valence-corrected chi connectivity index (χ0v) is 25.7. The fourth-order valence-electron chi connectivity index (χ4n) is 7.17. The van der Waals surface area contributed by atoms with Crippen LogP contribution < -0.4 is 5.32 Å². The average molecular weight is 595 g/mol. The number of nitrogens with zero attached hydrogens (tertiary/aromatic N) is 5. The van der Waals surface area contributed by atoms with E-state index in [2.05, 4.69) is 38.4 Å². The smallest absolute Gasteiger partial charge is 0.259 e. The lowest BCUT2D eigenvalue weighted by molar-refractivity contribution is -0.0152. The van der Waals surface area contributed by atoms with Crippen molar-refractivity contribution in [3.63, 3.8) is 0 Å². The molecule has 0 bridgehead atoms. The van der Waals surface area contributed by atoms with Gasteiger partial charge in [-0.3, -0.25) is 9.36 Å². The number of carbonyl (C=O) groups is 1. The van der Waals surface area contributed by atoms with Crippen molar-refractivity contribution in [2.45, 2.75) is 101 Å². The Morgan fingerprint density at radius 3 is 2.78 bits per heavy atom. The fraction of sp³-hybridized carbons (Fsp3) is 0.586. The predicted molar refractivity (Wildman–Crippen MR) is 160 cm³/mol. The van der Waals surface area contributed by atoms with Crippen molar-refractivity contribution in [2.24, 2.45) is 0 Å². The highest BCUT2D eigenvalue weighted by atomic mass is 31.2. The number of anilines is 1. The Hall–Kier alpha value is -2.27. The third kappa shape index (κ3) is 5.37. The van der Waals surface area contributed by atoms with Crippen LogP contribution in [-0.2, 0) is 13.8 Å². The molecule has 1 amide bonds. The molecule has 4 saturated heterocycles. The van der Waals surface area contributed by atoms with E-state index >= 15 is 0 Å². The number of ether oxygens (including phenoxy) is 1. The number of aromatic nitrogens is 4. The third-order valence-electron chi connectivity index (χ3n) is 9.38. The Balaban J connectivity index is 1.06. The van der Waals surface area contributed by atoms with Gasteiger partial charge in [0, 0.05) is 24.6 Å². The van der Waals surface area contributed by atoms with Gasteiger partial charge in [0.25, 0.3) is 14.4 Å². The summed E-state index contributed by atoms with van der Waals surface area (Å²) in [5.41, 5.74) is 1.72. The second-order valence-corrected chi connectivity index (χ2v) is 18.7. The SMILES string of the molecule is CC[C@H]1O[C@@H](n2cnc3c(NC(=O)c4ccccc4)ncnc32)C[C@H]1OP1O[C@H](C[Si]2(C)CCCC2)[C@@H]2CCCN21. The molecule has 4 fully saturated rings. The summed E-state index contributed by atoms with van der Waals surface area (Å²) < 4.78 is 24.6. The maximum atomic E-state index is 12.8. The summed E-state index contributed by atoms with van der Waals surface area (Å²) >= 11 is 0. The van der Waals surface area contributed by atoms with E-state index in [-0.39, 0.29) is 24.3 Å². The topological polar surface area (TPSA) is 104 Å². The maximum Gasteiger partial charge on any atom is 0.259 e. The van der Waals surface area contributed by atoms with Gasteiger partial charge in [0.05, 0.1) is 32.7 Å². The van der Waals surface area contributed by atoms with E-state index in [9.17, 15) is 4.79 Å². The number of rotatable bonds is 8. The van der Waals surface area contributed by atoms with Gasteiger partial charge in [-0.1, -0.05) is 56.6 Å². The van der Waals surface area contributed by atoms with Crippen LogP contribution in [-0.4, -0.2) is 69.1 Å². The minimum Gasteiger partial charge on any atom is -0.352 e. The largest absolute Gasteiger partial charge is 0.352 e. The molecule has 4 aliphatic rings. The van der Waals surface area contributed by atoms with Crippen LogP contribution in [0.5, 0.6) is 0 Å². The van der Waals surface area contributed by atoms with E-state index in [1.54, 1.807) is 18.5 Å². The van der Waals surface area contributed by atoms with Gasteiger partial charge in [-0.15, -0.1) is 0 Å². The van der Waals surface area contributed by atoms with Crippen LogP contribution in [0.25, 0.3) is 11.2 Å². The average Bonchev–Trinajstić information content (AvgIpc) is 3.81. The molecule has 1 unspecified atom stereocenters. The standard InChI is InChI=1S/C29H39N6O4PSi/c1-3-22-23(38-40-35-13-9-12-21(35)24(39-40)17-41(2)14-7-8-15-41)16-25(37-22)34-19-32-26-27(30-18-31-28(26)34)33-29(36)20-10-5-4-6-11-20/h4-6,10-11,18-19,21-25H,3,7-9,12-17H2,1-2H3,(H,30,31,33,36)/t21-,22+,23+,24+,25+,40?/m0/s1. The van der Waals surface area contributed by atoms with Crippen LogP contribution in [0.1, 0.15) is 62.0 Å². The van der Waals surface area contributed by atoms with Gasteiger partial charge in [0.15, 0.2) is 17.0 Å². The summed E-state index contributed by atoms with van der Waals surface area (Å²) in [5, 5.41) is 2.89. The molecule has 3 aromatic rings. The van der Waals surface area contributed by atoms with E-state index in [1.807, 2.05) is 22.8 Å². The van der Waals surface area contributed by atoms with Crippen LogP contribution in [0.4, 0.5) is 5.82 Å². The van der Waals surface area contributed by atoms with E-state index in [0.29, 0.717) is 41.1 Å². The molecule has 2 aromatic heterocycles. The molecule has 0 radical (unpaired) electrons. The lowest BCUT2D eigenvalue weighted by Gasteiger charge is -2.26. The van der Waals surface area contributed by atoms with Crippen LogP contribution in [0.3, 0.4) is 0 Å². The Morgan fingerprint density at radius 2 is 1.98 bits per heavy atom. The highest BCUT2D eigenvalue weighted by Gasteiger charge is 2.51. The second kappa shape index (κ2) is 11.4. The fourth-order valence-corrected chi connectivity index (χ4v) is 13.5. The quantitative estimate of drug-likeness (QED) is 0.246. The molecular weight excluding hydrogens is 555 g/mol. The first-order chi connectivity index (χ1) is 20.0. The first kappa shape index (κ1) is 27.6. The summed E-state index contributed by atoms with van der Waals surface area (Å²) in [5.74, 6) is 0.146. The van der Waals surface area contributed by atoms with Gasteiger partial charge >= 0.3 is 0 Å². The molecule has 1 N–H and O–H groups in total. The number of fused-ring (bicyclic) bond motifs is 2. The van der Waals surface area contributed by atoms with Crippen LogP contribution >= 0.6 is 8.53 Å². The molecule has 1 aromatic carbocycles. The van der Waals surface area contributed by atoms with E-state index in [4.69, 9.17) is 13.8 Å². The number of hydrogen-bond donors (Lipinski definition) is 1. The van der Waals surface area contributed by atoms with Crippen molar-refractivity contribution in [3.05, 3.63) is 48.5 Å². The van der Waals surface area contributed by atoms with E-state index < -0.39 is 16.6 Å². The molecule has 0 spiro atoms. The van der Waals surface area contributed by atoms with Crippen LogP contribution in [0, 0.1) is 0 Å². The summed E-state index contributed by atoms with van der Waals surface area (Å²) in [6.45, 7) is 5.80. The first-order valence-corrected chi connectivity index (χ1v) is 19.4. The molecule has 10 nitrogen and oxygen atoms in total. The Labute approximate surface area is 243 Å². The zero-order valence-electron chi connectivity index (χ0n) is 23.8. The summed E-state index contributed by atoms with van der Waals surface area (Å²) in [6, 6.07) is 13.8. The third-order valence-corrected chi connectivity index (χ3v) is 15.7. The molecule has 12 heteroatoms. The van der Waals surface area contributed by atoms with E-state index in [0.717, 1.165) is 13.0 Å². The number of benzene rings is 1.